The Labute approximate surface area is 339 Å². The van der Waals surface area contributed by atoms with E-state index in [4.69, 9.17) is 14.2 Å². The number of carbonyl (C=O) groups is 5. The molecule has 2 unspecified atom stereocenters. The zero-order chi connectivity index (χ0) is 37.6. The Morgan fingerprint density at radius 3 is 1.62 bits per heavy atom. The molecule has 19 heteroatoms. The van der Waals surface area contributed by atoms with Gasteiger partial charge in [-0.25, -0.2) is 0 Å². The summed E-state index contributed by atoms with van der Waals surface area (Å²) in [5, 5.41) is 52.7. The van der Waals surface area contributed by atoms with Crippen LogP contribution in [0.1, 0.15) is 44.2 Å². The van der Waals surface area contributed by atoms with Gasteiger partial charge in [-0.05, 0) is 36.8 Å². The number of hydrogen-bond acceptors (Lipinski definition) is 15. The van der Waals surface area contributed by atoms with E-state index in [9.17, 15) is 53.9 Å². The van der Waals surface area contributed by atoms with Gasteiger partial charge in [0.2, 0.25) is 0 Å². The van der Waals surface area contributed by atoms with Crippen LogP contribution in [0, 0.1) is 39.9 Å². The number of phosphoric acid groups is 1. The molecular formula is C34H44GdN3O14P-4. The van der Waals surface area contributed by atoms with Gasteiger partial charge in [0.25, 0.3) is 7.82 Å². The number of aliphatic carboxylic acids is 5. The Morgan fingerprint density at radius 2 is 1.19 bits per heavy atom. The van der Waals surface area contributed by atoms with Crippen molar-refractivity contribution in [3.05, 3.63) is 71.8 Å². The summed E-state index contributed by atoms with van der Waals surface area (Å²) in [7, 11) is -5.13. The number of phosphoric ester groups is 1. The zero-order valence-corrected chi connectivity index (χ0v) is 31.2. The number of benzene rings is 2. The van der Waals surface area contributed by atoms with E-state index in [1.165, 1.54) is 0 Å². The van der Waals surface area contributed by atoms with Gasteiger partial charge >= 0.3 is 11.9 Å². The molecule has 1 aliphatic carbocycles. The Morgan fingerprint density at radius 1 is 0.755 bits per heavy atom. The van der Waals surface area contributed by atoms with Crippen molar-refractivity contribution < 1.29 is 108 Å². The molecule has 1 aliphatic rings. The summed E-state index contributed by atoms with van der Waals surface area (Å²) in [5.41, 5.74) is 1.74. The average molecular weight is 907 g/mol. The minimum Gasteiger partial charge on any atom is -0.756 e. The molecule has 53 heavy (non-hydrogen) atoms. The molecule has 0 aromatic heterocycles. The smallest absolute Gasteiger partial charge is 0.317 e. The van der Waals surface area contributed by atoms with Gasteiger partial charge in [-0.15, -0.1) is 0 Å². The van der Waals surface area contributed by atoms with Crippen LogP contribution in [-0.2, 0) is 43.0 Å². The normalized spacial score (nSPS) is 15.8. The Balaban J connectivity index is 0.00000702. The molecule has 0 amide bonds. The summed E-state index contributed by atoms with van der Waals surface area (Å²) >= 11 is 0. The quantitative estimate of drug-likeness (QED) is 0.112. The fourth-order valence-corrected chi connectivity index (χ4v) is 7.34. The maximum Gasteiger partial charge on any atom is 0.317 e. The minimum atomic E-state index is -5.13. The molecule has 2 aromatic carbocycles. The van der Waals surface area contributed by atoms with Crippen molar-refractivity contribution in [1.82, 2.24) is 14.7 Å². The molecular weight excluding hydrogens is 863 g/mol. The third-order valence-corrected chi connectivity index (χ3v) is 9.62. The van der Waals surface area contributed by atoms with E-state index in [0.717, 1.165) is 25.8 Å². The minimum absolute atomic E-state index is 0. The second-order valence-electron chi connectivity index (χ2n) is 12.3. The second-order valence-corrected chi connectivity index (χ2v) is 13.6. The number of carboxylic acid groups (broad SMARTS) is 5. The summed E-state index contributed by atoms with van der Waals surface area (Å²) in [6.45, 7) is -6.40. The summed E-state index contributed by atoms with van der Waals surface area (Å²) in [5.74, 6) is -7.86. The molecule has 0 heterocycles. The van der Waals surface area contributed by atoms with Crippen LogP contribution in [0.3, 0.4) is 0 Å². The van der Waals surface area contributed by atoms with Crippen molar-refractivity contribution in [2.75, 3.05) is 59.0 Å². The van der Waals surface area contributed by atoms with E-state index in [1.807, 2.05) is 60.7 Å². The van der Waals surface area contributed by atoms with Crippen molar-refractivity contribution in [1.29, 1.82) is 0 Å². The van der Waals surface area contributed by atoms with Crippen LogP contribution in [-0.4, -0.2) is 126 Å². The Bertz CT molecular complexity index is 1460. The molecule has 2 N–H and O–H groups in total. The number of rotatable bonds is 23. The number of nitrogens with zero attached hydrogens (tertiary/aromatic N) is 3. The first kappa shape index (κ1) is 48.1. The topological polar surface area (TPSA) is 263 Å². The van der Waals surface area contributed by atoms with Gasteiger partial charge in [0, 0.05) is 90.7 Å². The second kappa shape index (κ2) is 23.1. The molecule has 17 nitrogen and oxygen atoms in total. The first-order valence-corrected chi connectivity index (χ1v) is 17.5. The van der Waals surface area contributed by atoms with E-state index in [0.29, 0.717) is 25.7 Å². The largest absolute Gasteiger partial charge is 0.756 e. The van der Waals surface area contributed by atoms with Gasteiger partial charge in [0.05, 0.1) is 43.7 Å². The van der Waals surface area contributed by atoms with E-state index < -0.39 is 101 Å². The van der Waals surface area contributed by atoms with Gasteiger partial charge in [-0.2, -0.15) is 0 Å². The standard InChI is InChI=1S/C33H44N3O14P.CH4.Gd/c37-28(38)18-34(15-16-35(19-29(39)40)20-30(41)42)17-26(36(21-31(43)44)22-32(45)46)23-49-51(47,48)50-27-11-13-33(14-12-27,24-7-3-1-4-8-24)25-9-5-2-6-10-25;;/h1-10,26-27H,11-23H2,(H,37,38)(H,39,40)(H,41,42)(H,43,44)(H,45,46)(H,47,48);1H4;/p-4. The SMILES string of the molecule is C.O=C([O-])CN(CCN(CC(=O)O)CC(COP(=O)([O-])OC1CCC(c2ccccc2)(c2ccccc2)CC1)N(CC(=O)[O-])CC(=O)[O-])CC(=O)O.[Gd]. The fourth-order valence-electron chi connectivity index (χ4n) is 6.35. The van der Waals surface area contributed by atoms with E-state index in [-0.39, 0.29) is 60.5 Å². The first-order valence-electron chi connectivity index (χ1n) is 16.1. The molecule has 0 bridgehead atoms. The summed E-state index contributed by atoms with van der Waals surface area (Å²) in [6, 6.07) is 18.2. The van der Waals surface area contributed by atoms with Gasteiger partial charge in [0.1, 0.15) is 0 Å². The average Bonchev–Trinajstić information content (AvgIpc) is 3.05. The van der Waals surface area contributed by atoms with Gasteiger partial charge in [0.15, 0.2) is 0 Å². The van der Waals surface area contributed by atoms with Crippen LogP contribution in [0.25, 0.3) is 0 Å². The predicted octanol–water partition coefficient (Wildman–Crippen LogP) is -2.25. The molecule has 2 aromatic rings. The number of carbonyl (C=O) groups excluding carboxylic acids is 3. The van der Waals surface area contributed by atoms with Gasteiger partial charge < -0.3 is 53.9 Å². The molecule has 3 rings (SSSR count). The van der Waals surface area contributed by atoms with Crippen LogP contribution < -0.4 is 20.2 Å². The first-order chi connectivity index (χ1) is 24.1. The predicted molar refractivity (Wildman–Crippen MR) is 176 cm³/mol. The van der Waals surface area contributed by atoms with Crippen LogP contribution in [0.15, 0.2) is 60.7 Å². The molecule has 1 saturated carbocycles. The summed E-state index contributed by atoms with van der Waals surface area (Å²) in [4.78, 5) is 72.9. The molecule has 0 aliphatic heterocycles. The van der Waals surface area contributed by atoms with Crippen molar-refractivity contribution in [3.8, 4) is 0 Å². The maximum absolute atomic E-state index is 13.1. The molecule has 2 atom stereocenters. The Kier molecular flexibility index (Phi) is 21.0. The van der Waals surface area contributed by atoms with E-state index in [2.05, 4.69) is 0 Å². The van der Waals surface area contributed by atoms with Gasteiger partial charge in [-0.3, -0.25) is 28.9 Å². The van der Waals surface area contributed by atoms with Crippen molar-refractivity contribution in [2.24, 2.45) is 0 Å². The van der Waals surface area contributed by atoms with Crippen LogP contribution in [0.4, 0.5) is 0 Å². The van der Waals surface area contributed by atoms with Crippen LogP contribution in [0.2, 0.25) is 0 Å². The summed E-state index contributed by atoms with van der Waals surface area (Å²) < 4.78 is 23.7. The third-order valence-electron chi connectivity index (χ3n) is 8.59. The molecule has 296 valence electrons. The zero-order valence-electron chi connectivity index (χ0n) is 28.1. The van der Waals surface area contributed by atoms with Gasteiger partial charge in [-0.1, -0.05) is 68.1 Å². The van der Waals surface area contributed by atoms with Crippen molar-refractivity contribution in [2.45, 2.75) is 50.7 Å². The Hall–Kier alpha value is -2.90. The van der Waals surface area contributed by atoms with E-state index in [1.54, 1.807) is 0 Å². The van der Waals surface area contributed by atoms with E-state index >= 15 is 0 Å². The third kappa shape index (κ3) is 16.6. The molecule has 1 fully saturated rings. The van der Waals surface area contributed by atoms with Crippen LogP contribution >= 0.6 is 7.82 Å². The fraction of sp³-hybridized carbons (Fsp3) is 0.500. The summed E-state index contributed by atoms with van der Waals surface area (Å²) in [6.07, 6.45) is 0.966. The molecule has 0 saturated heterocycles. The molecule has 0 spiro atoms. The monoisotopic (exact) mass is 907 g/mol. The number of carboxylic acids is 5. The number of hydrogen-bond donors (Lipinski definition) is 2. The van der Waals surface area contributed by atoms with Crippen LogP contribution in [0.5, 0.6) is 0 Å². The van der Waals surface area contributed by atoms with Crippen molar-refractivity contribution in [3.63, 3.8) is 0 Å². The molecule has 0 radical (unpaired) electrons. The van der Waals surface area contributed by atoms with Crippen molar-refractivity contribution >= 4 is 37.7 Å². The maximum atomic E-state index is 13.1.